The highest BCUT2D eigenvalue weighted by atomic mass is 31.1. The molecule has 0 aliphatic rings. The first-order valence-corrected chi connectivity index (χ1v) is 2.07. The molecule has 0 aliphatic heterocycles. The average molecular weight is 124 g/mol. The van der Waals surface area contributed by atoms with Gasteiger partial charge in [0.1, 0.15) is 9.39 Å². The third kappa shape index (κ3) is 5.23. The predicted octanol–water partition coefficient (Wildman–Crippen LogP) is 0.0483. The molecule has 0 saturated heterocycles. The summed E-state index contributed by atoms with van der Waals surface area (Å²) in [4.78, 5) is 18.4. The van der Waals surface area contributed by atoms with Crippen molar-refractivity contribution in [2.75, 3.05) is 0 Å². The lowest BCUT2D eigenvalue weighted by molar-refractivity contribution is -0.409. The summed E-state index contributed by atoms with van der Waals surface area (Å²) in [6.07, 6.45) is 0. The molecule has 0 spiro atoms. The van der Waals surface area contributed by atoms with E-state index in [0.717, 1.165) is 0 Å². The van der Waals surface area contributed by atoms with Gasteiger partial charge >= 0.3 is 8.88 Å². The van der Waals surface area contributed by atoms with E-state index in [-0.39, 0.29) is 0 Å². The second kappa shape index (κ2) is 2.41. The van der Waals surface area contributed by atoms with Gasteiger partial charge in [0.2, 0.25) is 0 Å². The fourth-order valence-electron chi connectivity index (χ4n) is 0.0667. The minimum atomic E-state index is -1.41. The molecule has 0 N–H and O–H groups in total. The molecule has 7 heavy (non-hydrogen) atoms. The summed E-state index contributed by atoms with van der Waals surface area (Å²) in [6.45, 7) is 0. The van der Waals surface area contributed by atoms with Crippen LogP contribution in [0.2, 0.25) is 0 Å². The van der Waals surface area contributed by atoms with Crippen LogP contribution < -0.4 is 0 Å². The molecule has 0 amide bonds. The Hall–Kier alpha value is -0.770. The second-order valence-corrected chi connectivity index (χ2v) is 1.54. The Bertz CT molecular complexity index is 85.9. The molecule has 0 heterocycles. The quantitative estimate of drug-likeness (QED) is 0.295. The van der Waals surface area contributed by atoms with Crippen LogP contribution in [-0.2, 0) is 0 Å². The van der Waals surface area contributed by atoms with E-state index in [2.05, 4.69) is 0 Å². The zero-order valence-electron chi connectivity index (χ0n) is 3.03. The normalized spacial score (nSPS) is 8.00. The largest absolute Gasteiger partial charge is 0.586 e. The summed E-state index contributed by atoms with van der Waals surface area (Å²) in [6, 6.07) is 0. The van der Waals surface area contributed by atoms with E-state index in [1.165, 1.54) is 0 Å². The van der Waals surface area contributed by atoms with Crippen molar-refractivity contribution >= 4 is 8.88 Å². The molecule has 0 saturated carbocycles. The molecule has 0 radical (unpaired) electrons. The molecule has 0 aromatic heterocycles. The lowest BCUT2D eigenvalue weighted by Gasteiger charge is -1.75. The highest BCUT2D eigenvalue weighted by Crippen LogP contribution is 2.07. The summed E-state index contributed by atoms with van der Waals surface area (Å²) in [7, 11) is -1.41. The van der Waals surface area contributed by atoms with Gasteiger partial charge in [0.15, 0.2) is 0 Å². The van der Waals surface area contributed by atoms with Crippen LogP contribution in [0, 0.1) is 20.2 Å². The van der Waals surface area contributed by atoms with Gasteiger partial charge in [0.25, 0.3) is 0 Å². The first kappa shape index (κ1) is 6.23. The Kier molecular flexibility index (Phi) is 2.15. The molecule has 0 unspecified atom stereocenters. The first-order chi connectivity index (χ1) is 3.13. The Morgan fingerprint density at radius 3 is 1.43 bits per heavy atom. The Balaban J connectivity index is 3.32. The van der Waals surface area contributed by atoms with Crippen molar-refractivity contribution in [3.05, 3.63) is 20.2 Å². The summed E-state index contributed by atoms with van der Waals surface area (Å²) in [5, 5.41) is 18.4. The van der Waals surface area contributed by atoms with Crippen molar-refractivity contribution in [1.29, 1.82) is 0 Å². The molecular weight excluding hydrogens is 123 g/mol. The van der Waals surface area contributed by atoms with Gasteiger partial charge in [-0.25, -0.2) is 0 Å². The van der Waals surface area contributed by atoms with Crippen molar-refractivity contribution in [3.8, 4) is 0 Å². The summed E-state index contributed by atoms with van der Waals surface area (Å²) < 4.78 is -1.94. The summed E-state index contributed by atoms with van der Waals surface area (Å²) in [5.74, 6) is 0. The van der Waals surface area contributed by atoms with Gasteiger partial charge in [-0.05, 0) is 0 Å². The van der Waals surface area contributed by atoms with Crippen molar-refractivity contribution in [1.82, 2.24) is 0 Å². The Morgan fingerprint density at radius 1 is 1.14 bits per heavy atom. The van der Waals surface area contributed by atoms with Crippen LogP contribution in [-0.4, -0.2) is 9.39 Å². The standard InChI is InChI=1S/HN2O4P/c3-1(4)7-2(5)6/h7H. The van der Waals surface area contributed by atoms with Crippen LogP contribution in [0.4, 0.5) is 0 Å². The van der Waals surface area contributed by atoms with Gasteiger partial charge in [-0.3, -0.25) is 20.2 Å². The predicted molar refractivity (Wildman–Crippen MR) is 22.3 cm³/mol. The van der Waals surface area contributed by atoms with E-state index < -0.39 is 18.3 Å². The molecule has 6 nitrogen and oxygen atoms in total. The third-order valence-corrected chi connectivity index (χ3v) is 0.490. The van der Waals surface area contributed by atoms with Crippen LogP contribution in [0.5, 0.6) is 0 Å². The molecule has 0 bridgehead atoms. The SMILES string of the molecule is O=[N+]([O-])P[N+](=O)[O-]. The van der Waals surface area contributed by atoms with Crippen LogP contribution in [0.3, 0.4) is 0 Å². The van der Waals surface area contributed by atoms with Gasteiger partial charge in [-0.2, -0.15) is 0 Å². The molecular formula is HN2O4P. The monoisotopic (exact) mass is 124 g/mol. The second-order valence-electron chi connectivity index (χ2n) is 0.614. The minimum Gasteiger partial charge on any atom is -0.258 e. The minimum absolute atomic E-state index is 0.972. The van der Waals surface area contributed by atoms with Crippen LogP contribution in [0.15, 0.2) is 0 Å². The van der Waals surface area contributed by atoms with Gasteiger partial charge in [0, 0.05) is 0 Å². The van der Waals surface area contributed by atoms with E-state index in [4.69, 9.17) is 0 Å². The van der Waals surface area contributed by atoms with Crippen LogP contribution in [0.1, 0.15) is 0 Å². The topological polar surface area (TPSA) is 86.3 Å². The van der Waals surface area contributed by atoms with Crippen LogP contribution >= 0.6 is 8.88 Å². The lowest BCUT2D eigenvalue weighted by Crippen LogP contribution is -1.86. The molecule has 7 heteroatoms. The van der Waals surface area contributed by atoms with Crippen molar-refractivity contribution in [2.45, 2.75) is 0 Å². The molecule has 0 fully saturated rings. The van der Waals surface area contributed by atoms with E-state index >= 15 is 0 Å². The van der Waals surface area contributed by atoms with Crippen molar-refractivity contribution in [2.24, 2.45) is 0 Å². The number of hydrogen-bond acceptors (Lipinski definition) is 4. The highest BCUT2D eigenvalue weighted by Gasteiger charge is 2.09. The van der Waals surface area contributed by atoms with E-state index in [0.29, 0.717) is 0 Å². The maximum Gasteiger partial charge on any atom is 0.586 e. The average Bonchev–Trinajstić information content (AvgIpc) is 1.27. The molecule has 0 atom stereocenters. The van der Waals surface area contributed by atoms with Crippen molar-refractivity contribution < 1.29 is 9.39 Å². The fraction of sp³-hybridized carbons (Fsp3) is 0. The maximum absolute atomic E-state index is 9.19. The number of nitro groups is 2. The third-order valence-electron chi connectivity index (χ3n) is 0.163. The summed E-state index contributed by atoms with van der Waals surface area (Å²) in [5.41, 5.74) is 0. The van der Waals surface area contributed by atoms with E-state index in [9.17, 15) is 20.2 Å². The molecule has 40 valence electrons. The van der Waals surface area contributed by atoms with Crippen molar-refractivity contribution in [3.63, 3.8) is 0 Å². The summed E-state index contributed by atoms with van der Waals surface area (Å²) >= 11 is 0. The fourth-order valence-corrected chi connectivity index (χ4v) is 0.200. The molecule has 0 aromatic rings. The van der Waals surface area contributed by atoms with Gasteiger partial charge in [-0.15, -0.1) is 0 Å². The first-order valence-electron chi connectivity index (χ1n) is 1.18. The van der Waals surface area contributed by atoms with E-state index in [1.54, 1.807) is 0 Å². The molecule has 0 aliphatic carbocycles. The van der Waals surface area contributed by atoms with Gasteiger partial charge in [0.05, 0.1) is 0 Å². The Labute approximate surface area is 39.7 Å². The van der Waals surface area contributed by atoms with Gasteiger partial charge in [-0.1, -0.05) is 0 Å². The maximum atomic E-state index is 9.19. The van der Waals surface area contributed by atoms with E-state index in [1.807, 2.05) is 0 Å². The highest BCUT2D eigenvalue weighted by molar-refractivity contribution is 7.22. The number of rotatable bonds is 2. The number of hydrogen-bond donors (Lipinski definition) is 0. The van der Waals surface area contributed by atoms with Gasteiger partial charge < -0.3 is 0 Å². The zero-order valence-corrected chi connectivity index (χ0v) is 4.03. The lowest BCUT2D eigenvalue weighted by atomic mass is 13.3. The Morgan fingerprint density at radius 2 is 1.43 bits per heavy atom. The number of nitrogens with zero attached hydrogens (tertiary/aromatic N) is 2. The smallest absolute Gasteiger partial charge is 0.258 e. The molecule has 0 aromatic carbocycles. The molecule has 0 rings (SSSR count). The zero-order chi connectivity index (χ0) is 5.86. The van der Waals surface area contributed by atoms with Crippen LogP contribution in [0.25, 0.3) is 0 Å².